The van der Waals surface area contributed by atoms with E-state index in [-0.39, 0.29) is 5.97 Å². The fraction of sp³-hybridized carbons (Fsp3) is 0.457. The zero-order valence-corrected chi connectivity index (χ0v) is 32.6. The largest absolute Gasteiger partial charge is 0.465 e. The predicted octanol–water partition coefficient (Wildman–Crippen LogP) is 11.1. The molecule has 5 heterocycles. The standard InChI is InChI=1S/C46H58N4O4/c1-5-8-11-14-17-32-35-24-25-37(47-35)33(18-15-12-9-6-2)42-44(51)45(52)43(50-42)34(19-16-13-10-7-3)38-27-29-40(49-38)41(39-28-26-36(32)48-39)30-20-22-31(23-21-30)46(53)54-4/h20-29,44-45,48-49,51-52H,5-19H2,1-4H3/t44-,45+/m0/s1. The summed E-state index contributed by atoms with van der Waals surface area (Å²) in [6.07, 6.45) is 17.3. The van der Waals surface area contributed by atoms with Gasteiger partial charge in [-0.15, -0.1) is 0 Å². The highest BCUT2D eigenvalue weighted by Gasteiger charge is 2.34. The highest BCUT2D eigenvalue weighted by atomic mass is 16.5. The number of carbonyl (C=O) groups excluding carboxylic acids is 1. The van der Waals surface area contributed by atoms with Crippen molar-refractivity contribution >= 4 is 40.2 Å². The Balaban J connectivity index is 1.68. The van der Waals surface area contributed by atoms with Gasteiger partial charge in [0, 0.05) is 38.8 Å². The van der Waals surface area contributed by atoms with Crippen LogP contribution in [-0.4, -0.2) is 43.2 Å². The quantitative estimate of drug-likeness (QED) is 0.0558. The van der Waals surface area contributed by atoms with Crippen molar-refractivity contribution in [3.05, 3.63) is 93.6 Å². The van der Waals surface area contributed by atoms with E-state index in [0.29, 0.717) is 23.4 Å². The van der Waals surface area contributed by atoms with Crippen LogP contribution in [-0.2, 0) is 24.0 Å². The number of aliphatic hydroxyl groups is 2. The number of hydrogen-bond donors (Lipinski definition) is 4. The summed E-state index contributed by atoms with van der Waals surface area (Å²) in [5.74, 6) is -0.379. The number of aromatic amines is 2. The molecule has 8 nitrogen and oxygen atoms in total. The molecule has 6 rings (SSSR count). The van der Waals surface area contributed by atoms with Gasteiger partial charge in [-0.1, -0.05) is 90.7 Å². The summed E-state index contributed by atoms with van der Waals surface area (Å²) < 4.78 is 4.99. The van der Waals surface area contributed by atoms with E-state index in [2.05, 4.69) is 67.2 Å². The van der Waals surface area contributed by atoms with Gasteiger partial charge in [-0.25, -0.2) is 9.78 Å². The number of fused-ring (bicyclic) bond motifs is 8. The minimum atomic E-state index is -1.15. The fourth-order valence-electron chi connectivity index (χ4n) is 7.91. The number of aliphatic hydroxyl groups excluding tert-OH is 2. The number of aromatic nitrogens is 4. The SMILES string of the molecule is CCCCCCc1c2nc(c(CCCCCC)c3ccc([nH]3)c(-c3ccc(C(=O)OC)cc3)c3ccc([nH]3)c(CCCCCC)c3nc1[C@H](O)[C@@H]3O)C=C2. The van der Waals surface area contributed by atoms with Crippen molar-refractivity contribution in [3.63, 3.8) is 0 Å². The third kappa shape index (κ3) is 8.71. The molecule has 2 atom stereocenters. The molecule has 0 saturated heterocycles. The summed E-state index contributed by atoms with van der Waals surface area (Å²) in [6.45, 7) is 6.64. The van der Waals surface area contributed by atoms with Gasteiger partial charge in [-0.3, -0.25) is 4.98 Å². The van der Waals surface area contributed by atoms with Crippen LogP contribution >= 0.6 is 0 Å². The van der Waals surface area contributed by atoms with E-state index in [1.54, 1.807) is 12.1 Å². The Morgan fingerprint density at radius 3 is 1.59 bits per heavy atom. The van der Waals surface area contributed by atoms with Crippen LogP contribution < -0.4 is 0 Å². The maximum atomic E-state index is 12.4. The molecule has 8 heteroatoms. The first kappa shape index (κ1) is 39.2. The van der Waals surface area contributed by atoms with Gasteiger partial charge in [0.1, 0.15) is 12.2 Å². The number of benzene rings is 1. The number of nitrogens with zero attached hydrogens (tertiary/aromatic N) is 2. The van der Waals surface area contributed by atoms with E-state index in [0.717, 1.165) is 145 Å². The third-order valence-electron chi connectivity index (χ3n) is 11.0. The first-order chi connectivity index (χ1) is 26.4. The molecule has 3 aromatic heterocycles. The molecule has 0 unspecified atom stereocenters. The Morgan fingerprint density at radius 2 is 1.06 bits per heavy atom. The maximum Gasteiger partial charge on any atom is 0.337 e. The second kappa shape index (κ2) is 18.7. The lowest BCUT2D eigenvalue weighted by Crippen LogP contribution is -2.08. The lowest BCUT2D eigenvalue weighted by molar-refractivity contribution is 0.0244. The van der Waals surface area contributed by atoms with Crippen molar-refractivity contribution in [2.75, 3.05) is 7.11 Å². The average molecular weight is 731 g/mol. The monoisotopic (exact) mass is 730 g/mol. The smallest absolute Gasteiger partial charge is 0.337 e. The van der Waals surface area contributed by atoms with Gasteiger partial charge in [-0.05, 0) is 98.2 Å². The van der Waals surface area contributed by atoms with Crippen LogP contribution in [0.1, 0.15) is 160 Å². The molecule has 0 aliphatic carbocycles. The zero-order chi connectivity index (χ0) is 38.0. The van der Waals surface area contributed by atoms with E-state index < -0.39 is 12.2 Å². The zero-order valence-electron chi connectivity index (χ0n) is 32.6. The van der Waals surface area contributed by atoms with Crippen LogP contribution in [0.2, 0.25) is 0 Å². The second-order valence-corrected chi connectivity index (χ2v) is 14.9. The Labute approximate surface area is 320 Å². The topological polar surface area (TPSA) is 124 Å². The third-order valence-corrected chi connectivity index (χ3v) is 11.0. The van der Waals surface area contributed by atoms with E-state index in [9.17, 15) is 15.0 Å². The number of nitrogens with one attached hydrogen (secondary N) is 2. The van der Waals surface area contributed by atoms with E-state index in [1.165, 1.54) is 13.5 Å². The first-order valence-corrected chi connectivity index (χ1v) is 20.4. The summed E-state index contributed by atoms with van der Waals surface area (Å²) in [6, 6.07) is 15.9. The van der Waals surface area contributed by atoms with Crippen LogP contribution in [0, 0.1) is 0 Å². The minimum absolute atomic E-state index is 0.379. The van der Waals surface area contributed by atoms with E-state index >= 15 is 0 Å². The molecule has 0 fully saturated rings. The number of H-pyrrole nitrogens is 2. The summed E-state index contributed by atoms with van der Waals surface area (Å²) >= 11 is 0. The van der Waals surface area contributed by atoms with E-state index in [1.807, 2.05) is 12.1 Å². The van der Waals surface area contributed by atoms with Crippen molar-refractivity contribution in [1.82, 2.24) is 19.9 Å². The lowest BCUT2D eigenvalue weighted by atomic mass is 9.98. The number of unbranched alkanes of at least 4 members (excludes halogenated alkanes) is 9. The summed E-state index contributed by atoms with van der Waals surface area (Å²) in [5.41, 5.74) is 11.9. The normalized spacial score (nSPS) is 15.2. The van der Waals surface area contributed by atoms with E-state index in [4.69, 9.17) is 14.7 Å². The van der Waals surface area contributed by atoms with Gasteiger partial charge in [0.05, 0.1) is 35.4 Å². The van der Waals surface area contributed by atoms with Crippen LogP contribution in [0.5, 0.6) is 0 Å². The van der Waals surface area contributed by atoms with Gasteiger partial charge >= 0.3 is 5.97 Å². The summed E-state index contributed by atoms with van der Waals surface area (Å²) in [4.78, 5) is 30.3. The number of esters is 1. The second-order valence-electron chi connectivity index (χ2n) is 14.9. The Bertz CT molecular complexity index is 2090. The van der Waals surface area contributed by atoms with Crippen LogP contribution in [0.25, 0.3) is 45.3 Å². The molecule has 2 aliphatic heterocycles. The fourth-order valence-corrected chi connectivity index (χ4v) is 7.91. The number of rotatable bonds is 17. The molecule has 0 saturated carbocycles. The van der Waals surface area contributed by atoms with Gasteiger partial charge in [-0.2, -0.15) is 0 Å². The summed E-state index contributed by atoms with van der Waals surface area (Å²) in [5, 5.41) is 23.6. The van der Waals surface area contributed by atoms with Crippen molar-refractivity contribution < 1.29 is 19.7 Å². The Morgan fingerprint density at radius 1 is 0.593 bits per heavy atom. The molecule has 1 aromatic carbocycles. The molecule has 0 spiro atoms. The van der Waals surface area contributed by atoms with Crippen LogP contribution in [0.3, 0.4) is 0 Å². The Hall–Kier alpha value is -4.53. The Kier molecular flexibility index (Phi) is 13.5. The molecule has 4 N–H and O–H groups in total. The average Bonchev–Trinajstić information content (AvgIpc) is 4.02. The first-order valence-electron chi connectivity index (χ1n) is 20.4. The maximum absolute atomic E-state index is 12.4. The van der Waals surface area contributed by atoms with Gasteiger partial charge in [0.15, 0.2) is 0 Å². The molecule has 54 heavy (non-hydrogen) atoms. The molecule has 2 aliphatic rings. The highest BCUT2D eigenvalue weighted by Crippen LogP contribution is 2.39. The molecular weight excluding hydrogens is 673 g/mol. The van der Waals surface area contributed by atoms with Crippen LogP contribution in [0.4, 0.5) is 0 Å². The summed E-state index contributed by atoms with van der Waals surface area (Å²) in [7, 11) is 1.39. The molecule has 8 bridgehead atoms. The number of ether oxygens (including phenoxy) is 1. The molecule has 4 aromatic rings. The van der Waals surface area contributed by atoms with Crippen molar-refractivity contribution in [1.29, 1.82) is 0 Å². The predicted molar refractivity (Wildman–Crippen MR) is 220 cm³/mol. The van der Waals surface area contributed by atoms with Crippen molar-refractivity contribution in [3.8, 4) is 11.1 Å². The number of aryl methyl sites for hydroxylation is 2. The molecule has 286 valence electrons. The molecule has 0 radical (unpaired) electrons. The highest BCUT2D eigenvalue weighted by molar-refractivity contribution is 5.96. The number of carbonyl (C=O) groups is 1. The number of methoxy groups -OCH3 is 1. The van der Waals surface area contributed by atoms with Gasteiger partial charge < -0.3 is 24.9 Å². The van der Waals surface area contributed by atoms with Gasteiger partial charge in [0.25, 0.3) is 0 Å². The minimum Gasteiger partial charge on any atom is -0.465 e. The number of hydrogen-bond acceptors (Lipinski definition) is 6. The van der Waals surface area contributed by atoms with Crippen molar-refractivity contribution in [2.24, 2.45) is 0 Å². The molecular formula is C46H58N4O4. The van der Waals surface area contributed by atoms with Gasteiger partial charge in [0.2, 0.25) is 0 Å². The lowest BCUT2D eigenvalue weighted by Gasteiger charge is -2.13. The van der Waals surface area contributed by atoms with Crippen LogP contribution in [0.15, 0.2) is 48.5 Å². The molecule has 0 amide bonds. The van der Waals surface area contributed by atoms with Crippen molar-refractivity contribution in [2.45, 2.75) is 129 Å².